The highest BCUT2D eigenvalue weighted by molar-refractivity contribution is 5.87. The SMILES string of the molecule is C/C(Cc1cc(=O)c2c(C)cc(O)c(C3OC(CO)C(O)C(O)C3O)c2o1)=N/CCC(=O)NC(Cc1cnc[nH]1)OC=O. The third-order valence-electron chi connectivity index (χ3n) is 7.10. The van der Waals surface area contributed by atoms with Crippen molar-refractivity contribution in [2.45, 2.75) is 69.9 Å². The monoisotopic (exact) mass is 602 g/mol. The van der Waals surface area contributed by atoms with Gasteiger partial charge in [0.2, 0.25) is 5.91 Å². The van der Waals surface area contributed by atoms with Gasteiger partial charge in [-0.05, 0) is 25.5 Å². The molecule has 4 rings (SSSR count). The van der Waals surface area contributed by atoms with Crippen molar-refractivity contribution in [1.29, 1.82) is 0 Å². The van der Waals surface area contributed by atoms with E-state index < -0.39 is 54.7 Å². The summed E-state index contributed by atoms with van der Waals surface area (Å²) in [5.74, 6) is -0.622. The van der Waals surface area contributed by atoms with Gasteiger partial charge in [-0.15, -0.1) is 0 Å². The van der Waals surface area contributed by atoms with E-state index in [9.17, 15) is 39.9 Å². The lowest BCUT2D eigenvalue weighted by molar-refractivity contribution is -0.231. The van der Waals surface area contributed by atoms with Crippen molar-refractivity contribution in [2.24, 2.45) is 4.99 Å². The number of phenolic OH excluding ortho intramolecular Hbond substituents is 1. The fourth-order valence-electron chi connectivity index (χ4n) is 4.98. The van der Waals surface area contributed by atoms with Crippen LogP contribution in [0, 0.1) is 6.92 Å². The zero-order valence-corrected chi connectivity index (χ0v) is 23.5. The minimum Gasteiger partial charge on any atom is -0.507 e. The van der Waals surface area contributed by atoms with Crippen LogP contribution < -0.4 is 10.7 Å². The number of aliphatic hydroxyl groups is 4. The van der Waals surface area contributed by atoms with Gasteiger partial charge < -0.3 is 49.7 Å². The van der Waals surface area contributed by atoms with Gasteiger partial charge in [-0.3, -0.25) is 19.4 Å². The second-order valence-electron chi connectivity index (χ2n) is 10.3. The molecule has 6 unspecified atom stereocenters. The zero-order chi connectivity index (χ0) is 31.3. The number of fused-ring (bicyclic) bond motifs is 1. The number of H-pyrrole nitrogens is 1. The van der Waals surface area contributed by atoms with Crippen LogP contribution in [0.2, 0.25) is 0 Å². The zero-order valence-electron chi connectivity index (χ0n) is 23.5. The molecule has 15 heteroatoms. The second-order valence-corrected chi connectivity index (χ2v) is 10.3. The first-order valence-electron chi connectivity index (χ1n) is 13.5. The van der Waals surface area contributed by atoms with Crippen molar-refractivity contribution in [3.05, 3.63) is 57.5 Å². The average molecular weight is 603 g/mol. The summed E-state index contributed by atoms with van der Waals surface area (Å²) >= 11 is 0. The van der Waals surface area contributed by atoms with Crippen LogP contribution in [0.5, 0.6) is 5.75 Å². The molecule has 0 aliphatic carbocycles. The molecule has 1 aliphatic heterocycles. The van der Waals surface area contributed by atoms with Crippen molar-refractivity contribution in [3.8, 4) is 5.75 Å². The predicted molar refractivity (Wildman–Crippen MR) is 149 cm³/mol. The Kier molecular flexibility index (Phi) is 10.3. The minimum absolute atomic E-state index is 0.0188. The Morgan fingerprint density at radius 2 is 2.02 bits per heavy atom. The number of imidazole rings is 1. The molecule has 7 N–H and O–H groups in total. The molecule has 3 aromatic rings. The smallest absolute Gasteiger partial charge is 0.295 e. The van der Waals surface area contributed by atoms with Crippen molar-refractivity contribution in [3.63, 3.8) is 0 Å². The molecule has 15 nitrogen and oxygen atoms in total. The molecule has 0 bridgehead atoms. The van der Waals surface area contributed by atoms with Crippen LogP contribution in [0.3, 0.4) is 0 Å². The number of phenols is 1. The molecule has 1 fully saturated rings. The molecule has 3 heterocycles. The first-order chi connectivity index (χ1) is 20.5. The Bertz CT molecular complexity index is 1520. The molecule has 232 valence electrons. The summed E-state index contributed by atoms with van der Waals surface area (Å²) < 4.78 is 16.6. The molecule has 6 atom stereocenters. The Morgan fingerprint density at radius 3 is 2.70 bits per heavy atom. The fourth-order valence-corrected chi connectivity index (χ4v) is 4.98. The first kappa shape index (κ1) is 31.8. The van der Waals surface area contributed by atoms with E-state index in [1.807, 2.05) is 0 Å². The van der Waals surface area contributed by atoms with Crippen LogP contribution in [-0.4, -0.2) is 97.4 Å². The van der Waals surface area contributed by atoms with Gasteiger partial charge in [-0.1, -0.05) is 0 Å². The summed E-state index contributed by atoms with van der Waals surface area (Å²) in [6, 6.07) is 2.57. The Labute approximate surface area is 244 Å². The maximum absolute atomic E-state index is 13.1. The molecular formula is C28H34N4O11. The van der Waals surface area contributed by atoms with E-state index in [0.717, 1.165) is 0 Å². The summed E-state index contributed by atoms with van der Waals surface area (Å²) in [6.07, 6.45) is -5.36. The van der Waals surface area contributed by atoms with Crippen molar-refractivity contribution < 1.29 is 49.0 Å². The van der Waals surface area contributed by atoms with Gasteiger partial charge in [0.1, 0.15) is 47.6 Å². The largest absolute Gasteiger partial charge is 0.507 e. The number of amides is 1. The number of aryl methyl sites for hydroxylation is 1. The molecule has 0 radical (unpaired) electrons. The minimum atomic E-state index is -1.71. The van der Waals surface area contributed by atoms with Crippen LogP contribution in [-0.2, 0) is 31.9 Å². The van der Waals surface area contributed by atoms with Gasteiger partial charge in [-0.2, -0.15) is 0 Å². The number of aromatic amines is 1. The van der Waals surface area contributed by atoms with E-state index in [1.165, 1.54) is 18.5 Å². The third kappa shape index (κ3) is 7.26. The molecule has 1 aromatic carbocycles. The number of hydrogen-bond donors (Lipinski definition) is 7. The molecular weight excluding hydrogens is 568 g/mol. The Balaban J connectivity index is 1.51. The predicted octanol–water partition coefficient (Wildman–Crippen LogP) is -0.703. The molecule has 1 saturated heterocycles. The number of aromatic hydroxyl groups is 1. The van der Waals surface area contributed by atoms with Gasteiger partial charge in [0.15, 0.2) is 11.7 Å². The Morgan fingerprint density at radius 1 is 1.26 bits per heavy atom. The lowest BCUT2D eigenvalue weighted by atomic mass is 9.89. The highest BCUT2D eigenvalue weighted by Gasteiger charge is 2.46. The number of aliphatic hydroxyl groups excluding tert-OH is 4. The number of ether oxygens (including phenoxy) is 2. The maximum Gasteiger partial charge on any atom is 0.295 e. The van der Waals surface area contributed by atoms with Crippen LogP contribution >= 0.6 is 0 Å². The molecule has 0 spiro atoms. The lowest BCUT2D eigenvalue weighted by Gasteiger charge is -2.40. The molecule has 1 amide bonds. The topological polar surface area (TPSA) is 237 Å². The quantitative estimate of drug-likeness (QED) is 0.0774. The van der Waals surface area contributed by atoms with Crippen LogP contribution in [0.15, 0.2) is 38.9 Å². The molecule has 1 aliphatic rings. The lowest BCUT2D eigenvalue weighted by Crippen LogP contribution is -2.55. The summed E-state index contributed by atoms with van der Waals surface area (Å²) in [4.78, 5) is 47.4. The third-order valence-corrected chi connectivity index (χ3v) is 7.10. The number of nitrogens with one attached hydrogen (secondary N) is 2. The van der Waals surface area contributed by atoms with E-state index >= 15 is 0 Å². The van der Waals surface area contributed by atoms with E-state index in [1.54, 1.807) is 20.0 Å². The summed E-state index contributed by atoms with van der Waals surface area (Å²) in [6.45, 7) is 2.91. The summed E-state index contributed by atoms with van der Waals surface area (Å²) in [5.41, 5.74) is 0.919. The molecule has 43 heavy (non-hydrogen) atoms. The Hall–Kier alpha value is -4.15. The van der Waals surface area contributed by atoms with Gasteiger partial charge >= 0.3 is 0 Å². The highest BCUT2D eigenvalue weighted by atomic mass is 16.5. The number of benzene rings is 1. The summed E-state index contributed by atoms with van der Waals surface area (Å²) in [7, 11) is 0. The van der Waals surface area contributed by atoms with Crippen molar-refractivity contribution in [2.75, 3.05) is 13.2 Å². The average Bonchev–Trinajstić information content (AvgIpc) is 3.45. The second kappa shape index (κ2) is 13.9. The fraction of sp³-hybridized carbons (Fsp3) is 0.464. The van der Waals surface area contributed by atoms with E-state index in [0.29, 0.717) is 17.0 Å². The van der Waals surface area contributed by atoms with E-state index in [4.69, 9.17) is 13.9 Å². The van der Waals surface area contributed by atoms with Gasteiger partial charge in [0.25, 0.3) is 6.47 Å². The number of hydrogen-bond acceptors (Lipinski definition) is 13. The molecule has 0 saturated carbocycles. The number of aliphatic imine (C=N–C) groups is 1. The number of nitrogens with zero attached hydrogens (tertiary/aromatic N) is 2. The molecule has 2 aromatic heterocycles. The van der Waals surface area contributed by atoms with Crippen LogP contribution in [0.25, 0.3) is 11.0 Å². The number of carbonyl (C=O) groups excluding carboxylic acids is 2. The standard InChI is InChI=1S/C28H34N4O11/c1-13-5-17(35)23(28-26(40)25(39)24(38)19(10-33)43-28)27-22(13)18(36)8-16(42-27)6-14(2)30-4-3-20(37)32-21(41-12-34)7-15-9-29-11-31-15/h5,8-9,11-12,19,21,24-26,28,33,35,38-40H,3-4,6-7,10H2,1-2H3,(H,29,31)(H,32,37)/b30-14-. The van der Waals surface area contributed by atoms with Crippen molar-refractivity contribution >= 4 is 29.1 Å². The number of carbonyl (C=O) groups is 2. The summed E-state index contributed by atoms with van der Waals surface area (Å²) in [5, 5.41) is 54.3. The normalized spacial score (nSPS) is 23.2. The van der Waals surface area contributed by atoms with Gasteiger partial charge in [0, 0.05) is 49.5 Å². The van der Waals surface area contributed by atoms with Crippen LogP contribution in [0.4, 0.5) is 0 Å². The number of aromatic nitrogens is 2. The van der Waals surface area contributed by atoms with Crippen LogP contribution in [0.1, 0.15) is 42.0 Å². The number of rotatable bonds is 12. The van der Waals surface area contributed by atoms with Gasteiger partial charge in [0.05, 0.1) is 23.9 Å². The van der Waals surface area contributed by atoms with Crippen molar-refractivity contribution in [1.82, 2.24) is 15.3 Å². The first-order valence-corrected chi connectivity index (χ1v) is 13.5. The van der Waals surface area contributed by atoms with Gasteiger partial charge in [-0.25, -0.2) is 4.98 Å². The maximum atomic E-state index is 13.1. The van der Waals surface area contributed by atoms with E-state index in [-0.39, 0.29) is 60.3 Å². The highest BCUT2D eigenvalue weighted by Crippen LogP contribution is 2.41. The van der Waals surface area contributed by atoms with E-state index in [2.05, 4.69) is 20.3 Å².